The molecule has 0 fully saturated rings. The fourth-order valence-corrected chi connectivity index (χ4v) is 2.49. The van der Waals surface area contributed by atoms with Crippen molar-refractivity contribution in [3.63, 3.8) is 0 Å². The van der Waals surface area contributed by atoms with E-state index in [0.29, 0.717) is 6.07 Å². The van der Waals surface area contributed by atoms with Crippen LogP contribution in [0.4, 0.5) is 18.9 Å². The number of halogens is 4. The highest BCUT2D eigenvalue weighted by Crippen LogP contribution is 2.40. The second-order valence-electron chi connectivity index (χ2n) is 5.21. The van der Waals surface area contributed by atoms with Crippen molar-refractivity contribution in [1.29, 1.82) is 0 Å². The van der Waals surface area contributed by atoms with Crippen LogP contribution >= 0.6 is 19.6 Å². The van der Waals surface area contributed by atoms with Gasteiger partial charge < -0.3 is 9.47 Å². The summed E-state index contributed by atoms with van der Waals surface area (Å²) < 4.78 is 59.2. The molecule has 2 aromatic rings. The summed E-state index contributed by atoms with van der Waals surface area (Å²) in [6, 6.07) is 4.67. The van der Waals surface area contributed by atoms with E-state index in [1.807, 2.05) is 0 Å². The third-order valence-electron chi connectivity index (χ3n) is 3.26. The third kappa shape index (κ3) is 5.29. The molecule has 0 saturated carbocycles. The first kappa shape index (κ1) is 20.9. The van der Waals surface area contributed by atoms with Crippen molar-refractivity contribution in [3.05, 3.63) is 56.6 Å². The highest BCUT2D eigenvalue weighted by molar-refractivity contribution is 7.37. The van der Waals surface area contributed by atoms with Gasteiger partial charge in [-0.3, -0.25) is 10.1 Å². The van der Waals surface area contributed by atoms with Gasteiger partial charge in [-0.1, -0.05) is 11.6 Å². The largest absolute Gasteiger partial charge is 0.547 e. The van der Waals surface area contributed by atoms with Gasteiger partial charge in [-0.15, -0.1) is 0 Å². The van der Waals surface area contributed by atoms with Crippen molar-refractivity contribution < 1.29 is 37.0 Å². The van der Waals surface area contributed by atoms with Gasteiger partial charge in [0, 0.05) is 12.1 Å². The molecule has 0 heterocycles. The lowest BCUT2D eigenvalue weighted by atomic mass is 10.1. The first-order valence-electron chi connectivity index (χ1n) is 7.09. The van der Waals surface area contributed by atoms with Crippen LogP contribution in [-0.4, -0.2) is 16.2 Å². The van der Waals surface area contributed by atoms with Crippen LogP contribution in [0.1, 0.15) is 11.1 Å². The number of hydrogen-bond donors (Lipinski definition) is 1. The molecule has 0 aliphatic rings. The van der Waals surface area contributed by atoms with E-state index in [2.05, 4.69) is 0 Å². The zero-order valence-corrected chi connectivity index (χ0v) is 15.1. The van der Waals surface area contributed by atoms with E-state index in [1.54, 1.807) is 0 Å². The maximum Gasteiger partial charge on any atom is 0.547 e. The number of nitro benzene ring substituents is 1. The Morgan fingerprint density at radius 1 is 1.22 bits per heavy atom. The molecule has 1 N–H and O–H groups in total. The summed E-state index contributed by atoms with van der Waals surface area (Å²) in [6.07, 6.45) is -5.26. The molecule has 7 nitrogen and oxygen atoms in total. The summed E-state index contributed by atoms with van der Waals surface area (Å²) in [4.78, 5) is 19.2. The molecular weight excluding hydrogens is 414 g/mol. The lowest BCUT2D eigenvalue weighted by Gasteiger charge is -2.13. The summed E-state index contributed by atoms with van der Waals surface area (Å²) in [5, 5.41) is 10.8. The molecule has 1 atom stereocenters. The van der Waals surface area contributed by atoms with E-state index in [4.69, 9.17) is 26.0 Å². The molecule has 2 aromatic carbocycles. The van der Waals surface area contributed by atoms with Gasteiger partial charge in [0.2, 0.25) is 5.75 Å². The number of ether oxygens (including phenoxy) is 2. The van der Waals surface area contributed by atoms with E-state index >= 15 is 0 Å². The van der Waals surface area contributed by atoms with Crippen LogP contribution in [0.15, 0.2) is 30.3 Å². The minimum Gasteiger partial charge on any atom is -0.455 e. The molecule has 0 aliphatic carbocycles. The highest BCUT2D eigenvalue weighted by Gasteiger charge is 2.31. The van der Waals surface area contributed by atoms with Crippen molar-refractivity contribution >= 4 is 25.3 Å². The summed E-state index contributed by atoms with van der Waals surface area (Å²) in [7, 11) is -2.70. The van der Waals surface area contributed by atoms with Crippen molar-refractivity contribution in [2.45, 2.75) is 13.1 Å². The zero-order chi connectivity index (χ0) is 20.4. The molecule has 0 aliphatic heterocycles. The third-order valence-corrected chi connectivity index (χ3v) is 3.91. The van der Waals surface area contributed by atoms with Gasteiger partial charge >= 0.3 is 26.2 Å². The van der Waals surface area contributed by atoms with Crippen LogP contribution in [-0.2, 0) is 10.7 Å². The summed E-state index contributed by atoms with van der Waals surface area (Å²) in [5.74, 6) is -0.424. The van der Waals surface area contributed by atoms with Crippen LogP contribution in [0.2, 0.25) is 5.02 Å². The first-order chi connectivity index (χ1) is 12.5. The second-order valence-corrected chi connectivity index (χ2v) is 6.58. The number of aryl methyl sites for hydroxylation is 1. The number of rotatable bonds is 6. The van der Waals surface area contributed by atoms with E-state index in [-0.39, 0.29) is 27.8 Å². The number of alkyl halides is 3. The molecule has 2 rings (SSSR count). The van der Waals surface area contributed by atoms with Crippen LogP contribution in [0.3, 0.4) is 0 Å². The average molecular weight is 425 g/mol. The molecule has 1 unspecified atom stereocenters. The van der Waals surface area contributed by atoms with Crippen LogP contribution in [0.5, 0.6) is 17.2 Å². The molecule has 0 aromatic heterocycles. The fraction of sp³-hybridized carbons (Fsp3) is 0.200. The van der Waals surface area contributed by atoms with Gasteiger partial charge in [0.05, 0.1) is 15.5 Å². The monoisotopic (exact) mass is 424 g/mol. The summed E-state index contributed by atoms with van der Waals surface area (Å²) in [6.45, 7) is 1.47. The van der Waals surface area contributed by atoms with Gasteiger partial charge in [-0.2, -0.15) is 18.1 Å². The van der Waals surface area contributed by atoms with E-state index in [0.717, 1.165) is 24.3 Å². The lowest BCUT2D eigenvalue weighted by Crippen LogP contribution is -2.04. The topological polar surface area (TPSA) is 98.9 Å². The first-order valence-corrected chi connectivity index (χ1v) is 8.86. The number of nitro groups is 1. The predicted molar refractivity (Wildman–Crippen MR) is 89.7 cm³/mol. The summed E-state index contributed by atoms with van der Waals surface area (Å²) in [5.41, 5.74) is -1.15. The molecule has 0 bridgehead atoms. The lowest BCUT2D eigenvalue weighted by molar-refractivity contribution is -0.385. The Hall–Kier alpha value is -2.42. The van der Waals surface area contributed by atoms with E-state index in [1.165, 1.54) is 6.92 Å². The Morgan fingerprint density at radius 3 is 2.41 bits per heavy atom. The molecule has 0 saturated heterocycles. The van der Waals surface area contributed by atoms with Crippen LogP contribution in [0, 0.1) is 17.0 Å². The Bertz CT molecular complexity index is 906. The van der Waals surface area contributed by atoms with Gasteiger partial charge in [0.1, 0.15) is 11.5 Å². The number of nitrogens with zero attached hydrogens (tertiary/aromatic N) is 1. The minimum atomic E-state index is -4.58. The highest BCUT2D eigenvalue weighted by atomic mass is 35.5. The molecule has 12 heteroatoms. The van der Waals surface area contributed by atoms with Gasteiger partial charge in [0.15, 0.2) is 0 Å². The SMILES string of the molecule is Cc1cc([N+](=O)[O-])c(OC[P+](=O)O)cc1Oc1ccc(C(F)(F)F)cc1Cl. The van der Waals surface area contributed by atoms with Crippen molar-refractivity contribution in [3.8, 4) is 17.2 Å². The molecular formula is C15H11ClF3NO6P+. The van der Waals surface area contributed by atoms with E-state index in [9.17, 15) is 27.9 Å². The minimum absolute atomic E-state index is 0.0189. The standard InChI is InChI=1S/C15H10ClF3NO6P/c1-8-4-11(20(21)22)14(25-7-27(23)24)6-13(8)26-12-3-2-9(5-10(12)16)15(17,18)19/h2-6H,7H2,1H3/p+1. The van der Waals surface area contributed by atoms with Crippen LogP contribution in [0.25, 0.3) is 0 Å². The van der Waals surface area contributed by atoms with Crippen molar-refractivity contribution in [2.75, 3.05) is 6.35 Å². The normalized spacial score (nSPS) is 11.9. The van der Waals surface area contributed by atoms with Gasteiger partial charge in [-0.05, 0) is 35.3 Å². The van der Waals surface area contributed by atoms with Crippen LogP contribution < -0.4 is 9.47 Å². The zero-order valence-electron chi connectivity index (χ0n) is 13.5. The predicted octanol–water partition coefficient (Wildman–Crippen LogP) is 5.44. The van der Waals surface area contributed by atoms with E-state index < -0.39 is 36.7 Å². The number of benzene rings is 2. The maximum atomic E-state index is 12.7. The Labute approximate surface area is 156 Å². The fourth-order valence-electron chi connectivity index (χ4n) is 2.03. The quantitative estimate of drug-likeness (QED) is 0.376. The van der Waals surface area contributed by atoms with Crippen molar-refractivity contribution in [2.24, 2.45) is 0 Å². The molecule has 27 heavy (non-hydrogen) atoms. The smallest absolute Gasteiger partial charge is 0.455 e. The molecule has 144 valence electrons. The van der Waals surface area contributed by atoms with Gasteiger partial charge in [0.25, 0.3) is 0 Å². The Balaban J connectivity index is 2.39. The molecule has 0 radical (unpaired) electrons. The summed E-state index contributed by atoms with van der Waals surface area (Å²) >= 11 is 5.83. The second kappa shape index (κ2) is 8.08. The Kier molecular flexibility index (Phi) is 6.25. The Morgan fingerprint density at radius 2 is 1.89 bits per heavy atom. The number of hydrogen-bond acceptors (Lipinski definition) is 5. The molecule has 0 amide bonds. The van der Waals surface area contributed by atoms with Gasteiger partial charge in [-0.25, -0.2) is 0 Å². The van der Waals surface area contributed by atoms with Crippen molar-refractivity contribution in [1.82, 2.24) is 0 Å². The molecule has 0 spiro atoms. The average Bonchev–Trinajstić information content (AvgIpc) is 2.55. The maximum absolute atomic E-state index is 12.7.